The molecule has 3 aromatic rings. The van der Waals surface area contributed by atoms with Gasteiger partial charge in [-0.2, -0.15) is 13.2 Å². The second-order valence-corrected chi connectivity index (χ2v) is 10.0. The number of aromatic nitrogens is 4. The first-order valence-electron chi connectivity index (χ1n) is 12.0. The lowest BCUT2D eigenvalue weighted by Crippen LogP contribution is -2.41. The zero-order chi connectivity index (χ0) is 27.6. The molecule has 3 aromatic heterocycles. The number of hydrogen-bond donors (Lipinski definition) is 0. The molecule has 4 heterocycles. The van der Waals surface area contributed by atoms with E-state index < -0.39 is 36.4 Å². The summed E-state index contributed by atoms with van der Waals surface area (Å²) in [6, 6.07) is 0. The zero-order valence-corrected chi connectivity index (χ0v) is 21.6. The number of rotatable bonds is 7. The Bertz CT molecular complexity index is 1460. The molecule has 0 N–H and O–H groups in total. The van der Waals surface area contributed by atoms with Crippen LogP contribution in [0.4, 0.5) is 13.2 Å². The van der Waals surface area contributed by atoms with Gasteiger partial charge in [0.1, 0.15) is 10.9 Å². The highest BCUT2D eigenvalue weighted by molar-refractivity contribution is 7.20. The van der Waals surface area contributed by atoms with Crippen molar-refractivity contribution in [2.75, 3.05) is 13.1 Å². The molecule has 0 aliphatic carbocycles. The van der Waals surface area contributed by atoms with Crippen LogP contribution in [-0.4, -0.2) is 61.2 Å². The molecule has 1 aliphatic heterocycles. The molecule has 4 rings (SSSR count). The second-order valence-electron chi connectivity index (χ2n) is 9.04. The number of carbonyl (C=O) groups is 2. The highest BCUT2D eigenvalue weighted by atomic mass is 32.1. The lowest BCUT2D eigenvalue weighted by atomic mass is 10.1. The van der Waals surface area contributed by atoms with Gasteiger partial charge in [-0.05, 0) is 12.5 Å². The van der Waals surface area contributed by atoms with Crippen LogP contribution in [0.25, 0.3) is 10.2 Å². The monoisotopic (exact) mass is 553 g/mol. The number of thiophene rings is 1. The average molecular weight is 554 g/mol. The van der Waals surface area contributed by atoms with E-state index in [0.29, 0.717) is 37.2 Å². The number of alkyl halides is 3. The number of amides is 1. The van der Waals surface area contributed by atoms with E-state index in [0.717, 1.165) is 20.5 Å². The van der Waals surface area contributed by atoms with Crippen LogP contribution < -0.4 is 11.2 Å². The van der Waals surface area contributed by atoms with Crippen LogP contribution >= 0.6 is 11.3 Å². The first-order valence-corrected chi connectivity index (χ1v) is 12.8. The summed E-state index contributed by atoms with van der Waals surface area (Å²) < 4.78 is 46.3. The predicted octanol–water partition coefficient (Wildman–Crippen LogP) is 2.69. The van der Waals surface area contributed by atoms with Crippen LogP contribution in [-0.2, 0) is 29.0 Å². The molecule has 0 radical (unpaired) electrons. The third-order valence-corrected chi connectivity index (χ3v) is 7.68. The van der Waals surface area contributed by atoms with Gasteiger partial charge in [0.25, 0.3) is 11.5 Å². The lowest BCUT2D eigenvalue weighted by molar-refractivity contribution is -0.148. The molecule has 0 saturated carbocycles. The van der Waals surface area contributed by atoms with Gasteiger partial charge in [-0.3, -0.25) is 33.5 Å². The summed E-state index contributed by atoms with van der Waals surface area (Å²) in [6.07, 6.45) is -0.631. The fourth-order valence-corrected chi connectivity index (χ4v) is 5.76. The van der Waals surface area contributed by atoms with Gasteiger partial charge >= 0.3 is 17.8 Å². The Labute approximate surface area is 218 Å². The van der Waals surface area contributed by atoms with Gasteiger partial charge in [-0.15, -0.1) is 11.3 Å². The number of aryl methyl sites for hydroxylation is 3. The van der Waals surface area contributed by atoms with Crippen LogP contribution in [0.15, 0.2) is 28.2 Å². The molecule has 0 atom stereocenters. The van der Waals surface area contributed by atoms with Gasteiger partial charge in [0.2, 0.25) is 0 Å². The third kappa shape index (κ3) is 5.95. The molecule has 0 spiro atoms. The van der Waals surface area contributed by atoms with Crippen LogP contribution in [0.3, 0.4) is 0 Å². The Hall–Kier alpha value is -3.55. The third-order valence-electron chi connectivity index (χ3n) is 6.38. The van der Waals surface area contributed by atoms with Gasteiger partial charge in [0.15, 0.2) is 0 Å². The van der Waals surface area contributed by atoms with E-state index in [2.05, 4.69) is 9.97 Å². The molecule has 14 heteroatoms. The SMILES string of the molecule is CC(=O)OC1CCN(C(=O)c2sc3c(c2C)c(=O)n(CCc2cnccn2)c(=O)n3CCC(F)(F)F)CC1. The number of hydrogen-bond acceptors (Lipinski definition) is 8. The first kappa shape index (κ1) is 27.5. The van der Waals surface area contributed by atoms with E-state index in [1.807, 2.05) is 0 Å². The highest BCUT2D eigenvalue weighted by Gasteiger charge is 2.31. The van der Waals surface area contributed by atoms with Crippen LogP contribution in [0, 0.1) is 6.92 Å². The van der Waals surface area contributed by atoms with Crippen molar-refractivity contribution in [1.29, 1.82) is 0 Å². The molecule has 1 aliphatic rings. The maximum Gasteiger partial charge on any atom is 0.390 e. The molecule has 1 fully saturated rings. The van der Waals surface area contributed by atoms with E-state index in [4.69, 9.17) is 4.74 Å². The molecule has 1 saturated heterocycles. The molecule has 10 nitrogen and oxygen atoms in total. The summed E-state index contributed by atoms with van der Waals surface area (Å²) in [7, 11) is 0. The predicted molar refractivity (Wildman–Crippen MR) is 132 cm³/mol. The minimum atomic E-state index is -4.52. The van der Waals surface area contributed by atoms with Crippen LogP contribution in [0.1, 0.15) is 47.1 Å². The molecule has 204 valence electrons. The van der Waals surface area contributed by atoms with Crippen molar-refractivity contribution in [3.63, 3.8) is 0 Å². The van der Waals surface area contributed by atoms with E-state index in [-0.39, 0.29) is 40.1 Å². The number of piperidine rings is 1. The van der Waals surface area contributed by atoms with Crippen molar-refractivity contribution < 1.29 is 27.5 Å². The van der Waals surface area contributed by atoms with Crippen molar-refractivity contribution in [2.24, 2.45) is 0 Å². The van der Waals surface area contributed by atoms with Crippen LogP contribution in [0.5, 0.6) is 0 Å². The smallest absolute Gasteiger partial charge is 0.390 e. The van der Waals surface area contributed by atoms with Gasteiger partial charge in [0, 0.05) is 71.0 Å². The van der Waals surface area contributed by atoms with Gasteiger partial charge in [-0.1, -0.05) is 0 Å². The summed E-state index contributed by atoms with van der Waals surface area (Å²) in [4.78, 5) is 61.1. The van der Waals surface area contributed by atoms with Crippen molar-refractivity contribution in [3.05, 3.63) is 55.6 Å². The Kier molecular flexibility index (Phi) is 7.99. The molecule has 1 amide bonds. The quantitative estimate of drug-likeness (QED) is 0.413. The number of ether oxygens (including phenoxy) is 1. The molecular weight excluding hydrogens is 527 g/mol. The number of fused-ring (bicyclic) bond motifs is 1. The summed E-state index contributed by atoms with van der Waals surface area (Å²) in [6.45, 7) is 2.70. The van der Waals surface area contributed by atoms with Crippen molar-refractivity contribution >= 4 is 33.4 Å². The minimum absolute atomic E-state index is 0.0376. The number of halogens is 3. The molecule has 0 aromatic carbocycles. The van der Waals surface area contributed by atoms with Crippen molar-refractivity contribution in [1.82, 2.24) is 24.0 Å². The van der Waals surface area contributed by atoms with Crippen LogP contribution in [0.2, 0.25) is 0 Å². The molecule has 0 unspecified atom stereocenters. The normalized spacial score (nSPS) is 14.7. The van der Waals surface area contributed by atoms with E-state index >= 15 is 0 Å². The second kappa shape index (κ2) is 11.1. The Balaban J connectivity index is 1.72. The summed E-state index contributed by atoms with van der Waals surface area (Å²) in [5, 5.41) is 0.0501. The Morgan fingerprint density at radius 1 is 1.13 bits per heavy atom. The first-order chi connectivity index (χ1) is 18.0. The fraction of sp³-hybridized carbons (Fsp3) is 0.500. The Morgan fingerprint density at radius 2 is 1.84 bits per heavy atom. The number of nitrogens with zero attached hydrogens (tertiary/aromatic N) is 5. The van der Waals surface area contributed by atoms with E-state index in [9.17, 15) is 32.3 Å². The maximum atomic E-state index is 13.4. The Morgan fingerprint density at radius 3 is 2.45 bits per heavy atom. The van der Waals surface area contributed by atoms with Crippen molar-refractivity contribution in [3.8, 4) is 0 Å². The van der Waals surface area contributed by atoms with Gasteiger partial charge < -0.3 is 9.64 Å². The van der Waals surface area contributed by atoms with Gasteiger partial charge in [0.05, 0.1) is 22.4 Å². The summed E-state index contributed by atoms with van der Waals surface area (Å²) >= 11 is 0.849. The number of carbonyl (C=O) groups excluding carboxylic acids is 2. The number of likely N-dealkylation sites (tertiary alicyclic amines) is 1. The standard InChI is InChI=1S/C24H26F3N5O5S/c1-14-18-20(34)31(11-3-16-13-28-7-8-29-16)23(36)32(12-6-24(25,26)27)22(18)38-19(14)21(35)30-9-4-17(5-10-30)37-15(2)33/h7-8,13,17H,3-6,9-12H2,1-2H3. The lowest BCUT2D eigenvalue weighted by Gasteiger charge is -2.31. The molecule has 0 bridgehead atoms. The van der Waals surface area contributed by atoms with E-state index in [1.165, 1.54) is 25.5 Å². The number of esters is 1. The molecular formula is C24H26F3N5O5S. The van der Waals surface area contributed by atoms with Gasteiger partial charge in [-0.25, -0.2) is 4.79 Å². The fourth-order valence-electron chi connectivity index (χ4n) is 4.47. The topological polar surface area (TPSA) is 116 Å². The van der Waals surface area contributed by atoms with E-state index in [1.54, 1.807) is 11.8 Å². The maximum absolute atomic E-state index is 13.4. The zero-order valence-electron chi connectivity index (χ0n) is 20.8. The minimum Gasteiger partial charge on any atom is -0.462 e. The molecule has 38 heavy (non-hydrogen) atoms. The largest absolute Gasteiger partial charge is 0.462 e. The van der Waals surface area contributed by atoms with Crippen molar-refractivity contribution in [2.45, 2.75) is 64.9 Å². The summed E-state index contributed by atoms with van der Waals surface area (Å²) in [5.41, 5.74) is -0.719. The average Bonchev–Trinajstić information content (AvgIpc) is 3.20. The summed E-state index contributed by atoms with van der Waals surface area (Å²) in [5.74, 6) is -0.784. The highest BCUT2D eigenvalue weighted by Crippen LogP contribution is 2.31.